The van der Waals surface area contributed by atoms with Gasteiger partial charge in [-0.3, -0.25) is 0 Å². The standard InChI is InChI=1S/C10H7FO2S/c1-5-4-14-9-3-8(11)7(10(12)13)2-6(5)9/h2-4H,1H3,(H,12,13). The Morgan fingerprint density at radius 3 is 2.86 bits per heavy atom. The van der Waals surface area contributed by atoms with E-state index in [2.05, 4.69) is 0 Å². The van der Waals surface area contributed by atoms with Gasteiger partial charge in [0, 0.05) is 4.70 Å². The molecule has 0 amide bonds. The van der Waals surface area contributed by atoms with Crippen LogP contribution in [0.15, 0.2) is 17.5 Å². The first-order valence-corrected chi connectivity index (χ1v) is 4.88. The van der Waals surface area contributed by atoms with Crippen LogP contribution in [-0.2, 0) is 0 Å². The Balaban J connectivity index is 2.80. The van der Waals surface area contributed by atoms with Crippen LogP contribution < -0.4 is 0 Å². The van der Waals surface area contributed by atoms with Gasteiger partial charge in [0.25, 0.3) is 0 Å². The number of fused-ring (bicyclic) bond motifs is 1. The van der Waals surface area contributed by atoms with Gasteiger partial charge in [0.15, 0.2) is 0 Å². The van der Waals surface area contributed by atoms with Crippen molar-refractivity contribution < 1.29 is 14.3 Å². The van der Waals surface area contributed by atoms with Gasteiger partial charge in [-0.25, -0.2) is 9.18 Å². The first kappa shape index (κ1) is 9.15. The molecular formula is C10H7FO2S. The highest BCUT2D eigenvalue weighted by molar-refractivity contribution is 7.17. The summed E-state index contributed by atoms with van der Waals surface area (Å²) < 4.78 is 14.0. The summed E-state index contributed by atoms with van der Waals surface area (Å²) in [6.45, 7) is 1.88. The van der Waals surface area contributed by atoms with Crippen LogP contribution in [0.25, 0.3) is 10.1 Å². The van der Waals surface area contributed by atoms with Crippen molar-refractivity contribution in [2.24, 2.45) is 0 Å². The molecule has 0 saturated heterocycles. The van der Waals surface area contributed by atoms with Crippen molar-refractivity contribution in [1.82, 2.24) is 0 Å². The maximum absolute atomic E-state index is 13.2. The summed E-state index contributed by atoms with van der Waals surface area (Å²) in [5.74, 6) is -1.90. The van der Waals surface area contributed by atoms with Crippen LogP contribution in [0, 0.1) is 12.7 Å². The maximum Gasteiger partial charge on any atom is 0.338 e. The second-order valence-corrected chi connectivity index (χ2v) is 3.96. The molecule has 0 radical (unpaired) electrons. The summed E-state index contributed by atoms with van der Waals surface area (Å²) in [6.07, 6.45) is 0. The van der Waals surface area contributed by atoms with E-state index < -0.39 is 11.8 Å². The third-order valence-corrected chi connectivity index (χ3v) is 3.15. The first-order chi connectivity index (χ1) is 6.59. The van der Waals surface area contributed by atoms with Crippen molar-refractivity contribution in [3.63, 3.8) is 0 Å². The third-order valence-electron chi connectivity index (χ3n) is 2.09. The quantitative estimate of drug-likeness (QED) is 0.785. The molecule has 14 heavy (non-hydrogen) atoms. The average molecular weight is 210 g/mol. The summed E-state index contributed by atoms with van der Waals surface area (Å²) >= 11 is 1.42. The number of carboxylic acids is 1. The predicted octanol–water partition coefficient (Wildman–Crippen LogP) is 3.05. The van der Waals surface area contributed by atoms with E-state index in [-0.39, 0.29) is 5.56 Å². The Labute approximate surface area is 83.6 Å². The van der Waals surface area contributed by atoms with Gasteiger partial charge in [-0.15, -0.1) is 11.3 Å². The number of aryl methyl sites for hydroxylation is 1. The fraction of sp³-hybridized carbons (Fsp3) is 0.100. The summed E-state index contributed by atoms with van der Waals surface area (Å²) in [6, 6.07) is 2.66. The molecule has 1 N–H and O–H groups in total. The van der Waals surface area contributed by atoms with Crippen LogP contribution in [0.5, 0.6) is 0 Å². The lowest BCUT2D eigenvalue weighted by Gasteiger charge is -1.98. The molecule has 1 heterocycles. The van der Waals surface area contributed by atoms with Gasteiger partial charge in [0.05, 0.1) is 5.56 Å². The van der Waals surface area contributed by atoms with Gasteiger partial charge in [-0.1, -0.05) is 0 Å². The third kappa shape index (κ3) is 1.28. The highest BCUT2D eigenvalue weighted by atomic mass is 32.1. The molecule has 0 aliphatic rings. The molecular weight excluding hydrogens is 203 g/mol. The van der Waals surface area contributed by atoms with E-state index in [9.17, 15) is 9.18 Å². The summed E-state index contributed by atoms with van der Waals surface area (Å²) in [5, 5.41) is 11.4. The Kier molecular flexibility index (Phi) is 2.00. The highest BCUT2D eigenvalue weighted by Crippen LogP contribution is 2.27. The minimum Gasteiger partial charge on any atom is -0.478 e. The number of thiophene rings is 1. The lowest BCUT2D eigenvalue weighted by atomic mass is 10.1. The van der Waals surface area contributed by atoms with E-state index in [0.717, 1.165) is 15.6 Å². The summed E-state index contributed by atoms with van der Waals surface area (Å²) in [4.78, 5) is 10.7. The number of carbonyl (C=O) groups is 1. The Morgan fingerprint density at radius 1 is 1.50 bits per heavy atom. The summed E-state index contributed by atoms with van der Waals surface area (Å²) in [7, 11) is 0. The fourth-order valence-electron chi connectivity index (χ4n) is 1.34. The van der Waals surface area contributed by atoms with Crippen molar-refractivity contribution >= 4 is 27.4 Å². The van der Waals surface area contributed by atoms with Crippen LogP contribution >= 0.6 is 11.3 Å². The molecule has 0 fully saturated rings. The Bertz CT molecular complexity index is 516. The molecule has 2 rings (SSSR count). The van der Waals surface area contributed by atoms with Gasteiger partial charge in [-0.2, -0.15) is 0 Å². The Morgan fingerprint density at radius 2 is 2.21 bits per heavy atom. The van der Waals surface area contributed by atoms with Crippen molar-refractivity contribution in [2.75, 3.05) is 0 Å². The number of rotatable bonds is 1. The fourth-order valence-corrected chi connectivity index (χ4v) is 2.29. The molecule has 0 spiro atoms. The van der Waals surface area contributed by atoms with E-state index in [0.29, 0.717) is 0 Å². The molecule has 0 bridgehead atoms. The number of hydrogen-bond acceptors (Lipinski definition) is 2. The SMILES string of the molecule is Cc1csc2cc(F)c(C(=O)O)cc12. The van der Waals surface area contributed by atoms with Crippen LogP contribution in [0.2, 0.25) is 0 Å². The zero-order valence-corrected chi connectivity index (χ0v) is 8.19. The lowest BCUT2D eigenvalue weighted by Crippen LogP contribution is -1.99. The zero-order chi connectivity index (χ0) is 10.3. The molecule has 1 aromatic carbocycles. The monoisotopic (exact) mass is 210 g/mol. The van der Waals surface area contributed by atoms with E-state index in [1.165, 1.54) is 23.5 Å². The Hall–Kier alpha value is -1.42. The van der Waals surface area contributed by atoms with E-state index in [1.807, 2.05) is 12.3 Å². The van der Waals surface area contributed by atoms with Crippen molar-refractivity contribution in [2.45, 2.75) is 6.92 Å². The lowest BCUT2D eigenvalue weighted by molar-refractivity contribution is 0.0692. The topological polar surface area (TPSA) is 37.3 Å². The van der Waals surface area contributed by atoms with Crippen molar-refractivity contribution in [3.05, 3.63) is 34.5 Å². The second kappa shape index (κ2) is 3.06. The molecule has 4 heteroatoms. The molecule has 72 valence electrons. The molecule has 1 aromatic heterocycles. The maximum atomic E-state index is 13.2. The van der Waals surface area contributed by atoms with E-state index >= 15 is 0 Å². The van der Waals surface area contributed by atoms with Gasteiger partial charge < -0.3 is 5.11 Å². The predicted molar refractivity (Wildman–Crippen MR) is 53.5 cm³/mol. The van der Waals surface area contributed by atoms with Crippen LogP contribution in [0.3, 0.4) is 0 Å². The number of carboxylic acid groups (broad SMARTS) is 1. The molecule has 0 aliphatic carbocycles. The molecule has 0 aliphatic heterocycles. The van der Waals surface area contributed by atoms with Crippen molar-refractivity contribution in [1.29, 1.82) is 0 Å². The molecule has 0 atom stereocenters. The second-order valence-electron chi connectivity index (χ2n) is 3.05. The van der Waals surface area contributed by atoms with Gasteiger partial charge in [0.2, 0.25) is 0 Å². The van der Waals surface area contributed by atoms with E-state index in [1.54, 1.807) is 0 Å². The molecule has 2 nitrogen and oxygen atoms in total. The minimum absolute atomic E-state index is 0.265. The summed E-state index contributed by atoms with van der Waals surface area (Å²) in [5.41, 5.74) is 0.714. The first-order valence-electron chi connectivity index (χ1n) is 4.00. The minimum atomic E-state index is -1.23. The number of hydrogen-bond donors (Lipinski definition) is 1. The van der Waals surface area contributed by atoms with E-state index in [4.69, 9.17) is 5.11 Å². The zero-order valence-electron chi connectivity index (χ0n) is 7.37. The van der Waals surface area contributed by atoms with Gasteiger partial charge in [0.1, 0.15) is 5.82 Å². The smallest absolute Gasteiger partial charge is 0.338 e. The normalized spacial score (nSPS) is 10.7. The molecule has 0 unspecified atom stereocenters. The number of halogens is 1. The van der Waals surface area contributed by atoms with Gasteiger partial charge >= 0.3 is 5.97 Å². The number of benzene rings is 1. The molecule has 2 aromatic rings. The van der Waals surface area contributed by atoms with Crippen LogP contribution in [0.1, 0.15) is 15.9 Å². The average Bonchev–Trinajstić information content (AvgIpc) is 2.46. The highest BCUT2D eigenvalue weighted by Gasteiger charge is 2.12. The largest absolute Gasteiger partial charge is 0.478 e. The van der Waals surface area contributed by atoms with Crippen LogP contribution in [-0.4, -0.2) is 11.1 Å². The van der Waals surface area contributed by atoms with Gasteiger partial charge in [-0.05, 0) is 35.4 Å². The number of aromatic carboxylic acids is 1. The van der Waals surface area contributed by atoms with Crippen molar-refractivity contribution in [3.8, 4) is 0 Å². The van der Waals surface area contributed by atoms with Crippen LogP contribution in [0.4, 0.5) is 4.39 Å². The molecule has 0 saturated carbocycles.